The molecule has 0 bridgehead atoms. The summed E-state index contributed by atoms with van der Waals surface area (Å²) in [5.41, 5.74) is 4.48. The second kappa shape index (κ2) is 9.04. The Labute approximate surface area is 178 Å². The van der Waals surface area contributed by atoms with Crippen molar-refractivity contribution in [3.63, 3.8) is 0 Å². The highest BCUT2D eigenvalue weighted by Crippen LogP contribution is 2.24. The third kappa shape index (κ3) is 5.33. The lowest BCUT2D eigenvalue weighted by atomic mass is 10.2. The zero-order valence-corrected chi connectivity index (χ0v) is 19.0. The van der Waals surface area contributed by atoms with Crippen LogP contribution in [0, 0.1) is 13.8 Å². The number of aryl methyl sites for hydroxylation is 2. The fourth-order valence-electron chi connectivity index (χ4n) is 2.23. The van der Waals surface area contributed by atoms with Crippen LogP contribution >= 0.6 is 54.5 Å². The normalized spacial score (nSPS) is 10.3. The number of nitrogens with zero attached hydrogens (tertiary/aromatic N) is 2. The largest absolute Gasteiger partial charge is 0.242 e. The first-order valence-electron chi connectivity index (χ1n) is 7.87. The zero-order chi connectivity index (χ0) is 18.5. The fraction of sp³-hybridized carbons (Fsp3) is 0.100. The van der Waals surface area contributed by atoms with Crippen molar-refractivity contribution in [2.45, 2.75) is 13.8 Å². The molecular formula is C20H16Br2N2S2. The Kier molecular flexibility index (Phi) is 6.75. The van der Waals surface area contributed by atoms with Gasteiger partial charge in [0.1, 0.15) is 0 Å². The smallest absolute Gasteiger partial charge is 0.0901 e. The minimum Gasteiger partial charge on any atom is -0.242 e. The first-order valence-corrected chi connectivity index (χ1v) is 11.2. The molecule has 0 atom stereocenters. The second-order valence-electron chi connectivity index (χ2n) is 5.52. The van der Waals surface area contributed by atoms with E-state index in [1.807, 2.05) is 38.1 Å². The van der Waals surface area contributed by atoms with E-state index in [4.69, 9.17) is 0 Å². The highest BCUT2D eigenvalue weighted by Gasteiger charge is 2.01. The van der Waals surface area contributed by atoms with Crippen LogP contribution in [0.15, 0.2) is 68.2 Å². The Bertz CT molecular complexity index is 892. The van der Waals surface area contributed by atoms with Gasteiger partial charge in [0, 0.05) is 30.8 Å². The summed E-state index contributed by atoms with van der Waals surface area (Å²) in [6.07, 6.45) is 0. The summed E-state index contributed by atoms with van der Waals surface area (Å²) in [4.78, 5) is 8.83. The highest BCUT2D eigenvalue weighted by molar-refractivity contribution is 9.10. The summed E-state index contributed by atoms with van der Waals surface area (Å²) in [6.45, 7) is 4.04. The van der Waals surface area contributed by atoms with Crippen molar-refractivity contribution in [1.82, 2.24) is 9.97 Å². The monoisotopic (exact) mass is 506 g/mol. The Hall–Kier alpha value is -1.34. The van der Waals surface area contributed by atoms with Gasteiger partial charge in [0.15, 0.2) is 0 Å². The summed E-state index contributed by atoms with van der Waals surface area (Å²) in [7, 11) is 0. The molecule has 0 amide bonds. The lowest BCUT2D eigenvalue weighted by Gasteiger charge is -1.95. The highest BCUT2D eigenvalue weighted by atomic mass is 79.9. The topological polar surface area (TPSA) is 25.8 Å². The Morgan fingerprint density at radius 3 is 1.23 bits per heavy atom. The van der Waals surface area contributed by atoms with Crippen molar-refractivity contribution in [1.29, 1.82) is 0 Å². The van der Waals surface area contributed by atoms with Gasteiger partial charge in [0.25, 0.3) is 0 Å². The molecular weight excluding hydrogens is 492 g/mol. The van der Waals surface area contributed by atoms with E-state index < -0.39 is 0 Å². The molecule has 0 aliphatic carbocycles. The molecule has 0 aliphatic rings. The molecule has 26 heavy (non-hydrogen) atoms. The molecule has 132 valence electrons. The standard InChI is InChI=1S/2C10H8BrNS/c2*1-7-12-10(6-13-7)8-2-4-9(11)5-3-8/h2*2-6H,1H3. The molecule has 4 rings (SSSR count). The number of thiazole rings is 2. The maximum absolute atomic E-state index is 4.41. The van der Waals surface area contributed by atoms with Gasteiger partial charge in [0.2, 0.25) is 0 Å². The van der Waals surface area contributed by atoms with Crippen molar-refractivity contribution in [3.05, 3.63) is 78.3 Å². The molecule has 0 saturated carbocycles. The van der Waals surface area contributed by atoms with Crippen molar-refractivity contribution in [2.24, 2.45) is 0 Å². The van der Waals surface area contributed by atoms with Gasteiger partial charge in [-0.3, -0.25) is 0 Å². The van der Waals surface area contributed by atoms with Crippen molar-refractivity contribution in [3.8, 4) is 22.5 Å². The van der Waals surface area contributed by atoms with Gasteiger partial charge in [-0.1, -0.05) is 56.1 Å². The van der Waals surface area contributed by atoms with Crippen LogP contribution in [0.4, 0.5) is 0 Å². The molecule has 0 aliphatic heterocycles. The summed E-state index contributed by atoms with van der Waals surface area (Å²) >= 11 is 10.2. The van der Waals surface area contributed by atoms with Crippen LogP contribution in [-0.2, 0) is 0 Å². The van der Waals surface area contributed by atoms with E-state index in [2.05, 4.69) is 76.9 Å². The van der Waals surface area contributed by atoms with Crippen LogP contribution in [0.2, 0.25) is 0 Å². The van der Waals surface area contributed by atoms with E-state index in [1.165, 1.54) is 11.1 Å². The summed E-state index contributed by atoms with van der Waals surface area (Å²) in [5, 5.41) is 6.38. The Morgan fingerprint density at radius 2 is 0.962 bits per heavy atom. The first kappa shape index (κ1) is 19.4. The van der Waals surface area contributed by atoms with Gasteiger partial charge >= 0.3 is 0 Å². The Balaban J connectivity index is 0.000000151. The molecule has 0 spiro atoms. The average molecular weight is 508 g/mol. The van der Waals surface area contributed by atoms with Crippen molar-refractivity contribution < 1.29 is 0 Å². The van der Waals surface area contributed by atoms with Crippen LogP contribution in [0.1, 0.15) is 10.0 Å². The van der Waals surface area contributed by atoms with Crippen molar-refractivity contribution in [2.75, 3.05) is 0 Å². The van der Waals surface area contributed by atoms with E-state index >= 15 is 0 Å². The molecule has 2 heterocycles. The minimum absolute atomic E-state index is 1.06. The number of hydrogen-bond donors (Lipinski definition) is 0. The van der Waals surface area contributed by atoms with Crippen LogP contribution in [-0.4, -0.2) is 9.97 Å². The second-order valence-corrected chi connectivity index (χ2v) is 9.47. The number of aromatic nitrogens is 2. The predicted molar refractivity (Wildman–Crippen MR) is 120 cm³/mol. The lowest BCUT2D eigenvalue weighted by Crippen LogP contribution is -1.76. The van der Waals surface area contributed by atoms with Gasteiger partial charge in [-0.2, -0.15) is 0 Å². The molecule has 0 fully saturated rings. The van der Waals surface area contributed by atoms with Gasteiger partial charge < -0.3 is 0 Å². The van der Waals surface area contributed by atoms with E-state index in [0.717, 1.165) is 30.3 Å². The predicted octanol–water partition coefficient (Wildman–Crippen LogP) is 7.76. The number of hydrogen-bond acceptors (Lipinski definition) is 4. The molecule has 2 nitrogen and oxygen atoms in total. The third-order valence-electron chi connectivity index (χ3n) is 3.52. The van der Waals surface area contributed by atoms with E-state index in [1.54, 1.807) is 22.7 Å². The van der Waals surface area contributed by atoms with Gasteiger partial charge in [-0.25, -0.2) is 9.97 Å². The van der Waals surface area contributed by atoms with Crippen LogP contribution in [0.3, 0.4) is 0 Å². The molecule has 6 heteroatoms. The molecule has 0 unspecified atom stereocenters. The zero-order valence-electron chi connectivity index (χ0n) is 14.2. The van der Waals surface area contributed by atoms with Gasteiger partial charge in [-0.05, 0) is 38.1 Å². The number of halogens is 2. The van der Waals surface area contributed by atoms with Crippen LogP contribution in [0.25, 0.3) is 22.5 Å². The summed E-state index contributed by atoms with van der Waals surface area (Å²) in [6, 6.07) is 16.4. The minimum atomic E-state index is 1.06. The first-order chi connectivity index (χ1) is 12.5. The van der Waals surface area contributed by atoms with E-state index in [9.17, 15) is 0 Å². The van der Waals surface area contributed by atoms with Gasteiger partial charge in [-0.15, -0.1) is 22.7 Å². The van der Waals surface area contributed by atoms with Crippen LogP contribution in [0.5, 0.6) is 0 Å². The van der Waals surface area contributed by atoms with Gasteiger partial charge in [0.05, 0.1) is 21.4 Å². The lowest BCUT2D eigenvalue weighted by molar-refractivity contribution is 1.30. The SMILES string of the molecule is Cc1nc(-c2ccc(Br)cc2)cs1.Cc1nc(-c2ccc(Br)cc2)cs1. The maximum Gasteiger partial charge on any atom is 0.0901 e. The van der Waals surface area contributed by atoms with E-state index in [-0.39, 0.29) is 0 Å². The average Bonchev–Trinajstić information content (AvgIpc) is 3.25. The van der Waals surface area contributed by atoms with Crippen molar-refractivity contribution >= 4 is 54.5 Å². The molecule has 0 radical (unpaired) electrons. The molecule has 2 aromatic carbocycles. The third-order valence-corrected chi connectivity index (χ3v) is 6.12. The fourth-order valence-corrected chi connectivity index (χ4v) is 4.01. The molecule has 0 saturated heterocycles. The molecule has 0 N–H and O–H groups in total. The van der Waals surface area contributed by atoms with E-state index in [0.29, 0.717) is 0 Å². The number of benzene rings is 2. The maximum atomic E-state index is 4.41. The van der Waals surface area contributed by atoms with Crippen LogP contribution < -0.4 is 0 Å². The quantitative estimate of drug-likeness (QED) is 0.277. The summed E-state index contributed by atoms with van der Waals surface area (Å²) in [5.74, 6) is 0. The number of rotatable bonds is 2. The molecule has 4 aromatic rings. The molecule has 2 aromatic heterocycles. The summed E-state index contributed by atoms with van der Waals surface area (Å²) < 4.78 is 2.20. The Morgan fingerprint density at radius 1 is 0.615 bits per heavy atom.